The molecule has 24 heavy (non-hydrogen) atoms. The van der Waals surface area contributed by atoms with Crippen molar-refractivity contribution in [3.63, 3.8) is 0 Å². The summed E-state index contributed by atoms with van der Waals surface area (Å²) in [5.41, 5.74) is 2.27. The summed E-state index contributed by atoms with van der Waals surface area (Å²) in [4.78, 5) is 27.9. The minimum absolute atomic E-state index is 0.0503. The molecule has 0 bridgehead atoms. The monoisotopic (exact) mass is 337 g/mol. The number of amides is 1. The van der Waals surface area contributed by atoms with Gasteiger partial charge >= 0.3 is 0 Å². The molecule has 120 valence electrons. The molecule has 1 saturated heterocycles. The number of amidine groups is 1. The highest BCUT2D eigenvalue weighted by Crippen LogP contribution is 2.29. The number of benzene rings is 2. The average Bonchev–Trinajstić information content (AvgIpc) is 2.90. The van der Waals surface area contributed by atoms with Crippen LogP contribution in [0.2, 0.25) is 0 Å². The number of carboxylic acids is 1. The predicted octanol–water partition coefficient (Wildman–Crippen LogP) is 2.25. The zero-order chi connectivity index (χ0) is 17.1. The number of thioether (sulfide) groups is 1. The molecule has 6 heteroatoms. The summed E-state index contributed by atoms with van der Waals surface area (Å²) in [6.45, 7) is 1.82. The van der Waals surface area contributed by atoms with Gasteiger partial charge in [0.15, 0.2) is 5.17 Å². The van der Waals surface area contributed by atoms with Crippen LogP contribution in [0.1, 0.15) is 21.5 Å². The Morgan fingerprint density at radius 1 is 1.21 bits per heavy atom. The van der Waals surface area contributed by atoms with Crippen LogP contribution < -0.4 is 10.4 Å². The molecule has 1 amide bonds. The van der Waals surface area contributed by atoms with Gasteiger partial charge in [-0.1, -0.05) is 42.5 Å². The lowest BCUT2D eigenvalue weighted by Gasteiger charge is -2.06. The van der Waals surface area contributed by atoms with Gasteiger partial charge in [-0.3, -0.25) is 4.79 Å². The first-order valence-electron chi connectivity index (χ1n) is 7.19. The second-order valence-corrected chi connectivity index (χ2v) is 6.21. The number of carbonyl (C=O) groups is 2. The molecule has 0 spiro atoms. The van der Waals surface area contributed by atoms with E-state index in [1.807, 2.05) is 37.3 Å². The Hall–Kier alpha value is -2.86. The number of aliphatic imine (C=N–C) groups is 1. The van der Waals surface area contributed by atoms with E-state index in [0.29, 0.717) is 15.8 Å². The Kier molecular flexibility index (Phi) is 4.48. The number of hydrogen-bond donors (Lipinski definition) is 1. The molecule has 1 aliphatic rings. The second-order valence-electron chi connectivity index (χ2n) is 5.18. The Bertz CT molecular complexity index is 873. The fourth-order valence-electron chi connectivity index (χ4n) is 2.15. The van der Waals surface area contributed by atoms with Crippen LogP contribution in [0.15, 0.2) is 58.4 Å². The van der Waals surface area contributed by atoms with Crippen molar-refractivity contribution in [3.05, 3.63) is 70.1 Å². The Labute approximate surface area is 143 Å². The van der Waals surface area contributed by atoms with E-state index in [-0.39, 0.29) is 11.5 Å². The number of rotatable bonds is 3. The fraction of sp³-hybridized carbons (Fsp3) is 0.0556. The van der Waals surface area contributed by atoms with Gasteiger partial charge in [-0.25, -0.2) is 4.99 Å². The van der Waals surface area contributed by atoms with E-state index in [2.05, 4.69) is 10.3 Å². The molecular weight excluding hydrogens is 324 g/mol. The van der Waals surface area contributed by atoms with E-state index < -0.39 is 5.97 Å². The zero-order valence-electron chi connectivity index (χ0n) is 12.8. The van der Waals surface area contributed by atoms with Crippen LogP contribution in [-0.2, 0) is 4.79 Å². The first kappa shape index (κ1) is 16.0. The van der Waals surface area contributed by atoms with Gasteiger partial charge < -0.3 is 15.2 Å². The number of hydrogen-bond acceptors (Lipinski definition) is 5. The number of nitrogens with one attached hydrogen (secondary N) is 1. The summed E-state index contributed by atoms with van der Waals surface area (Å²) in [7, 11) is 0. The fourth-order valence-corrected chi connectivity index (χ4v) is 2.98. The molecule has 0 saturated carbocycles. The van der Waals surface area contributed by atoms with Crippen molar-refractivity contribution in [3.8, 4) is 0 Å². The number of nitrogens with zero attached hydrogens (tertiary/aromatic N) is 1. The van der Waals surface area contributed by atoms with E-state index in [1.54, 1.807) is 12.1 Å². The van der Waals surface area contributed by atoms with Crippen molar-refractivity contribution >= 4 is 40.6 Å². The molecule has 0 unspecified atom stereocenters. The van der Waals surface area contributed by atoms with Gasteiger partial charge in [-0.05, 0) is 47.5 Å². The highest BCUT2D eigenvalue weighted by atomic mass is 32.2. The lowest BCUT2D eigenvalue weighted by Crippen LogP contribution is -2.22. The molecule has 0 radical (unpaired) electrons. The summed E-state index contributed by atoms with van der Waals surface area (Å²) in [5.74, 6) is -1.49. The maximum absolute atomic E-state index is 12.1. The topological polar surface area (TPSA) is 81.6 Å². The summed E-state index contributed by atoms with van der Waals surface area (Å²) in [6, 6.07) is 14.1. The lowest BCUT2D eigenvalue weighted by atomic mass is 10.1. The number of carboxylic acid groups (broad SMARTS) is 1. The first-order valence-corrected chi connectivity index (χ1v) is 8.01. The Balaban J connectivity index is 1.88. The normalized spacial score (nSPS) is 17.3. The SMILES string of the molecule is Cc1ccc(C(=O)[O-])cc1N=C1NC(=O)/C(=C/c2ccccc2)S1. The highest BCUT2D eigenvalue weighted by molar-refractivity contribution is 8.18. The van der Waals surface area contributed by atoms with Crippen molar-refractivity contribution in [2.75, 3.05) is 0 Å². The predicted molar refractivity (Wildman–Crippen MR) is 92.8 cm³/mol. The van der Waals surface area contributed by atoms with Gasteiger partial charge in [0.2, 0.25) is 0 Å². The molecular formula is C18H13N2O3S-. The van der Waals surface area contributed by atoms with E-state index >= 15 is 0 Å². The highest BCUT2D eigenvalue weighted by Gasteiger charge is 2.23. The molecule has 1 N–H and O–H groups in total. The van der Waals surface area contributed by atoms with Crippen LogP contribution in [0.25, 0.3) is 6.08 Å². The van der Waals surface area contributed by atoms with Crippen LogP contribution in [0.3, 0.4) is 0 Å². The van der Waals surface area contributed by atoms with Gasteiger partial charge in [0.1, 0.15) is 0 Å². The molecule has 0 aromatic heterocycles. The van der Waals surface area contributed by atoms with Crippen molar-refractivity contribution in [2.45, 2.75) is 6.92 Å². The van der Waals surface area contributed by atoms with Crippen molar-refractivity contribution < 1.29 is 14.7 Å². The number of carbonyl (C=O) groups excluding carboxylic acids is 2. The molecule has 1 heterocycles. The minimum atomic E-state index is -1.26. The summed E-state index contributed by atoms with van der Waals surface area (Å²) < 4.78 is 0. The molecule has 1 fully saturated rings. The van der Waals surface area contributed by atoms with Crippen LogP contribution in [0.4, 0.5) is 5.69 Å². The summed E-state index contributed by atoms with van der Waals surface area (Å²) in [6.07, 6.45) is 1.78. The average molecular weight is 337 g/mol. The third-order valence-electron chi connectivity index (χ3n) is 3.42. The van der Waals surface area contributed by atoms with Gasteiger partial charge in [-0.15, -0.1) is 0 Å². The van der Waals surface area contributed by atoms with Gasteiger partial charge in [0.05, 0.1) is 16.6 Å². The lowest BCUT2D eigenvalue weighted by molar-refractivity contribution is -0.255. The molecule has 0 aliphatic carbocycles. The van der Waals surface area contributed by atoms with Crippen LogP contribution in [0, 0.1) is 6.92 Å². The smallest absolute Gasteiger partial charge is 0.264 e. The van der Waals surface area contributed by atoms with Gasteiger partial charge in [0.25, 0.3) is 5.91 Å². The molecule has 2 aromatic carbocycles. The van der Waals surface area contributed by atoms with E-state index in [9.17, 15) is 14.7 Å². The van der Waals surface area contributed by atoms with Crippen LogP contribution in [-0.4, -0.2) is 17.0 Å². The Morgan fingerprint density at radius 3 is 2.67 bits per heavy atom. The maximum Gasteiger partial charge on any atom is 0.264 e. The van der Waals surface area contributed by atoms with Crippen molar-refractivity contribution in [2.24, 2.45) is 4.99 Å². The van der Waals surface area contributed by atoms with Gasteiger partial charge in [0, 0.05) is 0 Å². The van der Waals surface area contributed by atoms with Crippen LogP contribution in [0.5, 0.6) is 0 Å². The third kappa shape index (κ3) is 3.55. The molecule has 3 rings (SSSR count). The van der Waals surface area contributed by atoms with Crippen molar-refractivity contribution in [1.82, 2.24) is 5.32 Å². The van der Waals surface area contributed by atoms with E-state index in [1.165, 1.54) is 23.9 Å². The summed E-state index contributed by atoms with van der Waals surface area (Å²) >= 11 is 1.22. The molecule has 0 atom stereocenters. The van der Waals surface area contributed by atoms with Gasteiger partial charge in [-0.2, -0.15) is 0 Å². The largest absolute Gasteiger partial charge is 0.545 e. The van der Waals surface area contributed by atoms with E-state index in [4.69, 9.17) is 0 Å². The third-order valence-corrected chi connectivity index (χ3v) is 4.32. The number of aromatic carboxylic acids is 1. The quantitative estimate of drug-likeness (QED) is 0.871. The second kappa shape index (κ2) is 6.72. The Morgan fingerprint density at radius 2 is 1.96 bits per heavy atom. The van der Waals surface area contributed by atoms with E-state index in [0.717, 1.165) is 11.1 Å². The summed E-state index contributed by atoms with van der Waals surface area (Å²) in [5, 5.41) is 14.1. The molecule has 1 aliphatic heterocycles. The number of aryl methyl sites for hydroxylation is 1. The first-order chi connectivity index (χ1) is 11.5. The molecule has 2 aromatic rings. The maximum atomic E-state index is 12.1. The van der Waals surface area contributed by atoms with Crippen molar-refractivity contribution in [1.29, 1.82) is 0 Å². The standard InChI is InChI=1S/C18H14N2O3S/c1-11-7-8-13(17(22)23)10-14(11)19-18-20-16(21)15(24-18)9-12-5-3-2-4-6-12/h2-10H,1H3,(H,22,23)(H,19,20,21)/p-1/b15-9-. The molecule has 5 nitrogen and oxygen atoms in total. The minimum Gasteiger partial charge on any atom is -0.545 e. The zero-order valence-corrected chi connectivity index (χ0v) is 13.6. The van der Waals surface area contributed by atoms with Crippen LogP contribution >= 0.6 is 11.8 Å².